The highest BCUT2D eigenvalue weighted by Gasteiger charge is 2.21. The summed E-state index contributed by atoms with van der Waals surface area (Å²) in [7, 11) is 1.91. The van der Waals surface area contributed by atoms with Crippen molar-refractivity contribution < 1.29 is 0 Å². The summed E-state index contributed by atoms with van der Waals surface area (Å²) < 4.78 is 0. The SMILES string of the molecule is CNc1cc(C2CCCN(Cc3cnc[nH]3)C2)ccn1. The first-order valence-corrected chi connectivity index (χ1v) is 7.18. The molecule has 1 aliphatic heterocycles. The molecule has 1 aliphatic rings. The normalized spacial score (nSPS) is 19.9. The molecule has 2 aromatic rings. The fourth-order valence-corrected chi connectivity index (χ4v) is 2.92. The molecule has 2 aromatic heterocycles. The van der Waals surface area contributed by atoms with E-state index in [-0.39, 0.29) is 0 Å². The number of piperidine rings is 1. The third-order valence-electron chi connectivity index (χ3n) is 3.97. The molecule has 3 rings (SSSR count). The van der Waals surface area contributed by atoms with E-state index in [0.717, 1.165) is 18.9 Å². The van der Waals surface area contributed by atoms with Gasteiger partial charge in [0.2, 0.25) is 0 Å². The van der Waals surface area contributed by atoms with E-state index in [9.17, 15) is 0 Å². The van der Waals surface area contributed by atoms with Gasteiger partial charge < -0.3 is 10.3 Å². The molecular formula is C15H21N5. The lowest BCUT2D eigenvalue weighted by molar-refractivity contribution is 0.198. The number of rotatable bonds is 4. The maximum absolute atomic E-state index is 4.29. The number of hydrogen-bond acceptors (Lipinski definition) is 4. The number of aromatic amines is 1. The second kappa shape index (κ2) is 6.05. The van der Waals surface area contributed by atoms with E-state index in [4.69, 9.17) is 0 Å². The Hall–Kier alpha value is -1.88. The summed E-state index contributed by atoms with van der Waals surface area (Å²) in [6.07, 6.45) is 8.06. The van der Waals surface area contributed by atoms with Crippen LogP contribution in [0, 0.1) is 0 Å². The van der Waals surface area contributed by atoms with Crippen molar-refractivity contribution in [2.24, 2.45) is 0 Å². The molecule has 1 saturated heterocycles. The first kappa shape index (κ1) is 13.1. The molecule has 3 heterocycles. The zero-order chi connectivity index (χ0) is 13.8. The molecular weight excluding hydrogens is 250 g/mol. The van der Waals surface area contributed by atoms with Crippen molar-refractivity contribution >= 4 is 5.82 Å². The molecule has 0 aromatic carbocycles. The van der Waals surface area contributed by atoms with Crippen LogP contribution in [0.2, 0.25) is 0 Å². The van der Waals surface area contributed by atoms with Crippen LogP contribution in [-0.2, 0) is 6.54 Å². The van der Waals surface area contributed by atoms with E-state index in [1.807, 2.05) is 19.4 Å². The van der Waals surface area contributed by atoms with E-state index in [0.29, 0.717) is 5.92 Å². The molecule has 0 radical (unpaired) electrons. The maximum Gasteiger partial charge on any atom is 0.125 e. The van der Waals surface area contributed by atoms with Gasteiger partial charge in [-0.25, -0.2) is 9.97 Å². The summed E-state index contributed by atoms with van der Waals surface area (Å²) in [5.74, 6) is 1.55. The van der Waals surface area contributed by atoms with Crippen LogP contribution in [0.25, 0.3) is 0 Å². The highest BCUT2D eigenvalue weighted by Crippen LogP contribution is 2.28. The number of imidazole rings is 1. The van der Waals surface area contributed by atoms with Crippen LogP contribution in [0.3, 0.4) is 0 Å². The van der Waals surface area contributed by atoms with Crippen molar-refractivity contribution in [3.05, 3.63) is 42.1 Å². The number of H-pyrrole nitrogens is 1. The fourth-order valence-electron chi connectivity index (χ4n) is 2.92. The molecule has 0 bridgehead atoms. The summed E-state index contributed by atoms with van der Waals surface area (Å²) in [5.41, 5.74) is 2.58. The second-order valence-electron chi connectivity index (χ2n) is 5.38. The van der Waals surface area contributed by atoms with Crippen molar-refractivity contribution in [2.45, 2.75) is 25.3 Å². The van der Waals surface area contributed by atoms with Crippen molar-refractivity contribution in [1.29, 1.82) is 0 Å². The minimum Gasteiger partial charge on any atom is -0.373 e. The molecule has 5 heteroatoms. The van der Waals surface area contributed by atoms with Crippen LogP contribution in [-0.4, -0.2) is 40.0 Å². The topological polar surface area (TPSA) is 56.8 Å². The first-order valence-electron chi connectivity index (χ1n) is 7.18. The second-order valence-corrected chi connectivity index (χ2v) is 5.38. The summed E-state index contributed by atoms with van der Waals surface area (Å²) in [6.45, 7) is 3.23. The van der Waals surface area contributed by atoms with Crippen LogP contribution in [0.1, 0.15) is 30.0 Å². The molecule has 0 aliphatic carbocycles. The van der Waals surface area contributed by atoms with E-state index in [2.05, 4.69) is 37.3 Å². The van der Waals surface area contributed by atoms with Crippen LogP contribution >= 0.6 is 0 Å². The Morgan fingerprint density at radius 3 is 3.25 bits per heavy atom. The van der Waals surface area contributed by atoms with Gasteiger partial charge in [0.1, 0.15) is 5.82 Å². The van der Waals surface area contributed by atoms with E-state index >= 15 is 0 Å². The maximum atomic E-state index is 4.29. The van der Waals surface area contributed by atoms with Gasteiger partial charge in [0, 0.05) is 38.2 Å². The molecule has 1 unspecified atom stereocenters. The molecule has 106 valence electrons. The molecule has 1 atom stereocenters. The van der Waals surface area contributed by atoms with Gasteiger partial charge in [-0.1, -0.05) is 0 Å². The number of pyridine rings is 1. The average molecular weight is 271 g/mol. The smallest absolute Gasteiger partial charge is 0.125 e. The summed E-state index contributed by atoms with van der Waals surface area (Å²) in [5, 5.41) is 3.12. The summed E-state index contributed by atoms with van der Waals surface area (Å²) in [6, 6.07) is 4.32. The van der Waals surface area contributed by atoms with E-state index < -0.39 is 0 Å². The van der Waals surface area contributed by atoms with Crippen molar-refractivity contribution in [3.8, 4) is 0 Å². The molecule has 0 saturated carbocycles. The zero-order valence-corrected chi connectivity index (χ0v) is 11.8. The average Bonchev–Trinajstić information content (AvgIpc) is 3.00. The monoisotopic (exact) mass is 271 g/mol. The molecule has 20 heavy (non-hydrogen) atoms. The third kappa shape index (κ3) is 2.99. The van der Waals surface area contributed by atoms with E-state index in [1.54, 1.807) is 6.33 Å². The van der Waals surface area contributed by atoms with Gasteiger partial charge >= 0.3 is 0 Å². The Labute approximate surface area is 119 Å². The number of hydrogen-bond donors (Lipinski definition) is 2. The number of nitrogens with zero attached hydrogens (tertiary/aromatic N) is 3. The van der Waals surface area contributed by atoms with Crippen LogP contribution in [0.5, 0.6) is 0 Å². The first-order chi connectivity index (χ1) is 9.85. The van der Waals surface area contributed by atoms with Crippen LogP contribution in [0.15, 0.2) is 30.9 Å². The Morgan fingerprint density at radius 1 is 1.50 bits per heavy atom. The lowest BCUT2D eigenvalue weighted by atomic mass is 9.91. The Bertz CT molecular complexity index is 537. The minimum atomic E-state index is 0.599. The number of anilines is 1. The molecule has 2 N–H and O–H groups in total. The van der Waals surface area contributed by atoms with Gasteiger partial charge in [-0.15, -0.1) is 0 Å². The third-order valence-corrected chi connectivity index (χ3v) is 3.97. The van der Waals surface area contributed by atoms with Gasteiger partial charge in [0.25, 0.3) is 0 Å². The predicted molar refractivity (Wildman–Crippen MR) is 79.6 cm³/mol. The quantitative estimate of drug-likeness (QED) is 0.895. The lowest BCUT2D eigenvalue weighted by Crippen LogP contribution is -2.34. The lowest BCUT2D eigenvalue weighted by Gasteiger charge is -2.32. The van der Waals surface area contributed by atoms with Crippen LogP contribution in [0.4, 0.5) is 5.82 Å². The molecule has 0 spiro atoms. The predicted octanol–water partition coefficient (Wildman–Crippen LogP) is 2.23. The highest BCUT2D eigenvalue weighted by atomic mass is 15.1. The van der Waals surface area contributed by atoms with Gasteiger partial charge in [0.05, 0.1) is 6.33 Å². The Kier molecular flexibility index (Phi) is 3.97. The summed E-state index contributed by atoms with van der Waals surface area (Å²) >= 11 is 0. The zero-order valence-electron chi connectivity index (χ0n) is 11.8. The van der Waals surface area contributed by atoms with Gasteiger partial charge in [-0.3, -0.25) is 4.90 Å². The fraction of sp³-hybridized carbons (Fsp3) is 0.467. The van der Waals surface area contributed by atoms with Gasteiger partial charge in [-0.2, -0.15) is 0 Å². The highest BCUT2D eigenvalue weighted by molar-refractivity contribution is 5.38. The number of aromatic nitrogens is 3. The van der Waals surface area contributed by atoms with E-state index in [1.165, 1.54) is 30.6 Å². The van der Waals surface area contributed by atoms with Crippen molar-refractivity contribution in [1.82, 2.24) is 19.9 Å². The largest absolute Gasteiger partial charge is 0.373 e. The van der Waals surface area contributed by atoms with Gasteiger partial charge in [0.15, 0.2) is 0 Å². The summed E-state index contributed by atoms with van der Waals surface area (Å²) in [4.78, 5) is 14.1. The van der Waals surface area contributed by atoms with Gasteiger partial charge in [-0.05, 0) is 43.0 Å². The number of nitrogens with one attached hydrogen (secondary N) is 2. The molecule has 5 nitrogen and oxygen atoms in total. The minimum absolute atomic E-state index is 0.599. The Balaban J connectivity index is 1.68. The Morgan fingerprint density at radius 2 is 2.45 bits per heavy atom. The molecule has 1 fully saturated rings. The van der Waals surface area contributed by atoms with Crippen molar-refractivity contribution in [3.63, 3.8) is 0 Å². The standard InChI is InChI=1S/C15H21N5/c1-16-15-7-12(4-5-18-15)13-3-2-6-20(9-13)10-14-8-17-11-19-14/h4-5,7-8,11,13H,2-3,6,9-10H2,1H3,(H,16,18)(H,17,19). The van der Waals surface area contributed by atoms with Crippen LogP contribution < -0.4 is 5.32 Å². The molecule has 0 amide bonds. The van der Waals surface area contributed by atoms with Crippen molar-refractivity contribution in [2.75, 3.05) is 25.5 Å². The number of likely N-dealkylation sites (tertiary alicyclic amines) is 1.